The predicted octanol–water partition coefficient (Wildman–Crippen LogP) is 4.30. The summed E-state index contributed by atoms with van der Waals surface area (Å²) in [5.74, 6) is 2.13. The van der Waals surface area contributed by atoms with Gasteiger partial charge in [-0.3, -0.25) is 4.79 Å². The maximum atomic E-state index is 12.4. The van der Waals surface area contributed by atoms with E-state index in [-0.39, 0.29) is 18.8 Å². The van der Waals surface area contributed by atoms with E-state index in [2.05, 4.69) is 21.4 Å². The van der Waals surface area contributed by atoms with Gasteiger partial charge >= 0.3 is 0 Å². The molecule has 0 radical (unpaired) electrons. The summed E-state index contributed by atoms with van der Waals surface area (Å²) in [7, 11) is 0. The van der Waals surface area contributed by atoms with E-state index in [1.165, 1.54) is 11.8 Å². The fourth-order valence-corrected chi connectivity index (χ4v) is 4.56. The zero-order chi connectivity index (χ0) is 22.8. The highest BCUT2D eigenvalue weighted by atomic mass is 35.5. The molecule has 0 saturated heterocycles. The van der Waals surface area contributed by atoms with E-state index in [0.29, 0.717) is 41.7 Å². The Morgan fingerprint density at radius 1 is 1.21 bits per heavy atom. The maximum absolute atomic E-state index is 12.4. The Morgan fingerprint density at radius 3 is 2.97 bits per heavy atom. The summed E-state index contributed by atoms with van der Waals surface area (Å²) < 4.78 is 16.7. The zero-order valence-corrected chi connectivity index (χ0v) is 19.5. The number of thioether (sulfide) groups is 1. The molecule has 2 aliphatic heterocycles. The molecule has 0 spiro atoms. The molecule has 1 atom stereocenters. The first-order chi connectivity index (χ1) is 16.1. The van der Waals surface area contributed by atoms with Crippen molar-refractivity contribution in [3.63, 3.8) is 0 Å². The molecular formula is C24H22ClN3O4S. The van der Waals surface area contributed by atoms with Gasteiger partial charge in [0.2, 0.25) is 12.7 Å². The molecule has 33 heavy (non-hydrogen) atoms. The number of amides is 1. The van der Waals surface area contributed by atoms with Gasteiger partial charge in [0, 0.05) is 30.2 Å². The minimum atomic E-state index is -0.158. The van der Waals surface area contributed by atoms with E-state index < -0.39 is 0 Å². The first-order valence-corrected chi connectivity index (χ1v) is 12.2. The van der Waals surface area contributed by atoms with Gasteiger partial charge in [-0.25, -0.2) is 9.97 Å². The van der Waals surface area contributed by atoms with Crippen molar-refractivity contribution in [1.29, 1.82) is 0 Å². The highest BCUT2D eigenvalue weighted by Crippen LogP contribution is 2.39. The second kappa shape index (κ2) is 9.49. The second-order valence-corrected chi connectivity index (χ2v) is 8.99. The third-order valence-electron chi connectivity index (χ3n) is 5.57. The Bertz CT molecular complexity index is 1210. The van der Waals surface area contributed by atoms with E-state index in [9.17, 15) is 4.79 Å². The monoisotopic (exact) mass is 483 g/mol. The molecular weight excluding hydrogens is 462 g/mol. The van der Waals surface area contributed by atoms with Crippen LogP contribution in [0.5, 0.6) is 17.2 Å². The molecule has 0 unspecified atom stereocenters. The summed E-state index contributed by atoms with van der Waals surface area (Å²) in [6, 6.07) is 11.5. The molecule has 170 valence electrons. The molecule has 0 fully saturated rings. The number of nitrogens with zero attached hydrogens (tertiary/aromatic N) is 2. The number of aryl methyl sites for hydroxylation is 1. The third kappa shape index (κ3) is 4.86. The number of rotatable bonds is 7. The van der Waals surface area contributed by atoms with Crippen LogP contribution in [-0.2, 0) is 17.6 Å². The van der Waals surface area contributed by atoms with Gasteiger partial charge in [-0.15, -0.1) is 0 Å². The number of hydrogen-bond donors (Lipinski definition) is 1. The van der Waals surface area contributed by atoms with Crippen molar-refractivity contribution in [3.8, 4) is 28.5 Å². The normalized spacial score (nSPS) is 15.8. The smallest absolute Gasteiger partial charge is 0.231 e. The molecule has 1 aromatic heterocycles. The van der Waals surface area contributed by atoms with Crippen molar-refractivity contribution in [1.82, 2.24) is 15.3 Å². The molecule has 0 bridgehead atoms. The number of halogens is 1. The van der Waals surface area contributed by atoms with Gasteiger partial charge in [0.25, 0.3) is 0 Å². The Balaban J connectivity index is 1.16. The number of aromatic nitrogens is 2. The first kappa shape index (κ1) is 21.9. The topological polar surface area (TPSA) is 82.6 Å². The van der Waals surface area contributed by atoms with Crippen LogP contribution < -0.4 is 19.5 Å². The minimum Gasteiger partial charge on any atom is -0.486 e. The van der Waals surface area contributed by atoms with Crippen LogP contribution in [0.3, 0.4) is 0 Å². The Morgan fingerprint density at radius 2 is 2.09 bits per heavy atom. The number of hydrogen-bond acceptors (Lipinski definition) is 7. The minimum absolute atomic E-state index is 0.0235. The lowest BCUT2D eigenvalue weighted by atomic mass is 10.0. The lowest BCUT2D eigenvalue weighted by Crippen LogP contribution is -2.34. The number of fused-ring (bicyclic) bond motifs is 2. The van der Waals surface area contributed by atoms with Gasteiger partial charge in [-0.1, -0.05) is 29.4 Å². The number of nitrogens with one attached hydrogen (secondary N) is 1. The van der Waals surface area contributed by atoms with Crippen LogP contribution in [0.2, 0.25) is 5.02 Å². The van der Waals surface area contributed by atoms with Gasteiger partial charge in [0.15, 0.2) is 16.7 Å². The molecule has 1 amide bonds. The van der Waals surface area contributed by atoms with E-state index in [1.807, 2.05) is 36.6 Å². The van der Waals surface area contributed by atoms with Crippen molar-refractivity contribution in [2.75, 3.05) is 19.6 Å². The van der Waals surface area contributed by atoms with Crippen LogP contribution in [0.25, 0.3) is 11.3 Å². The Kier molecular flexibility index (Phi) is 6.28. The summed E-state index contributed by atoms with van der Waals surface area (Å²) in [5, 5.41) is 4.23. The van der Waals surface area contributed by atoms with Crippen molar-refractivity contribution < 1.29 is 19.0 Å². The Hall–Kier alpha value is -2.97. The highest BCUT2D eigenvalue weighted by Gasteiger charge is 2.26. The van der Waals surface area contributed by atoms with Crippen LogP contribution in [0.1, 0.15) is 17.5 Å². The van der Waals surface area contributed by atoms with Gasteiger partial charge in [0.1, 0.15) is 11.9 Å². The molecule has 3 heterocycles. The van der Waals surface area contributed by atoms with Crippen molar-refractivity contribution in [3.05, 3.63) is 58.7 Å². The molecule has 0 aliphatic carbocycles. The van der Waals surface area contributed by atoms with Crippen molar-refractivity contribution in [2.24, 2.45) is 0 Å². The molecule has 0 saturated carbocycles. The van der Waals surface area contributed by atoms with E-state index in [1.54, 1.807) is 6.20 Å². The zero-order valence-electron chi connectivity index (χ0n) is 18.0. The highest BCUT2D eigenvalue weighted by molar-refractivity contribution is 7.98. The van der Waals surface area contributed by atoms with Gasteiger partial charge in [-0.05, 0) is 48.6 Å². The maximum Gasteiger partial charge on any atom is 0.231 e. The predicted molar refractivity (Wildman–Crippen MR) is 126 cm³/mol. The van der Waals surface area contributed by atoms with Crippen LogP contribution >= 0.6 is 23.4 Å². The fraction of sp³-hybridized carbons (Fsp3) is 0.292. The van der Waals surface area contributed by atoms with Crippen LogP contribution in [-0.4, -0.2) is 41.6 Å². The summed E-state index contributed by atoms with van der Waals surface area (Å²) >= 11 is 8.00. The van der Waals surface area contributed by atoms with Gasteiger partial charge in [-0.2, -0.15) is 0 Å². The summed E-state index contributed by atoms with van der Waals surface area (Å²) in [5.41, 5.74) is 3.79. The number of carbonyl (C=O) groups excluding carboxylic acids is 1. The van der Waals surface area contributed by atoms with E-state index >= 15 is 0 Å². The van der Waals surface area contributed by atoms with Crippen molar-refractivity contribution >= 4 is 29.3 Å². The largest absolute Gasteiger partial charge is 0.486 e. The lowest BCUT2D eigenvalue weighted by molar-refractivity contribution is -0.121. The van der Waals surface area contributed by atoms with Crippen molar-refractivity contribution in [2.45, 2.75) is 30.5 Å². The van der Waals surface area contributed by atoms with E-state index in [4.69, 9.17) is 25.8 Å². The quantitative estimate of drug-likeness (QED) is 0.396. The SMILES string of the molecule is CSc1nccc(-c2cc(Cl)c3c(c2)C[C@H](CNC(=O)CCc2ccc4c(c2)OCO4)O3)n1. The number of ether oxygens (including phenoxy) is 3. The molecule has 2 aliphatic rings. The molecule has 7 nitrogen and oxygen atoms in total. The number of benzene rings is 2. The standard InChI is InChI=1S/C24H22ClN3O4S/c1-33-24-26-7-6-19(28-24)15-9-16-10-17(32-23(16)18(25)11-15)12-27-22(29)5-3-14-2-4-20-21(8-14)31-13-30-20/h2,4,6-9,11,17H,3,5,10,12-13H2,1H3,(H,27,29)/t17-/m1/s1. The molecule has 9 heteroatoms. The van der Waals surface area contributed by atoms with E-state index in [0.717, 1.165) is 33.9 Å². The van der Waals surface area contributed by atoms with Crippen LogP contribution in [0.4, 0.5) is 0 Å². The average Bonchev–Trinajstić information content (AvgIpc) is 3.48. The Labute approximate surface area is 200 Å². The van der Waals surface area contributed by atoms with Gasteiger partial charge in [0.05, 0.1) is 17.3 Å². The molecule has 2 aromatic carbocycles. The molecule has 1 N–H and O–H groups in total. The second-order valence-electron chi connectivity index (χ2n) is 7.81. The fourth-order valence-electron chi connectivity index (χ4n) is 3.92. The lowest BCUT2D eigenvalue weighted by Gasteiger charge is -2.12. The molecule has 5 rings (SSSR count). The number of carbonyl (C=O) groups is 1. The first-order valence-electron chi connectivity index (χ1n) is 10.6. The van der Waals surface area contributed by atoms with Gasteiger partial charge < -0.3 is 19.5 Å². The van der Waals surface area contributed by atoms with Crippen LogP contribution in [0, 0.1) is 0 Å². The summed E-state index contributed by atoms with van der Waals surface area (Å²) in [6.45, 7) is 0.664. The third-order valence-corrected chi connectivity index (χ3v) is 6.41. The summed E-state index contributed by atoms with van der Waals surface area (Å²) in [4.78, 5) is 21.2. The van der Waals surface area contributed by atoms with Crippen LogP contribution in [0.15, 0.2) is 47.8 Å². The molecule has 3 aromatic rings. The summed E-state index contributed by atoms with van der Waals surface area (Å²) in [6.07, 6.45) is 5.21. The average molecular weight is 484 g/mol.